The number of likely N-dealkylation sites (N-methyl/N-ethyl adjacent to an activating group) is 2. The Labute approximate surface area is 472 Å². The molecule has 4 N–H and O–H groups in total. The molecule has 8 rings (SSSR count). The maximum atomic E-state index is 16.2. The lowest BCUT2D eigenvalue weighted by Crippen LogP contribution is -2.58. The van der Waals surface area contributed by atoms with E-state index in [-0.39, 0.29) is 99.4 Å². The van der Waals surface area contributed by atoms with E-state index in [4.69, 9.17) is 0 Å². The molecule has 0 radical (unpaired) electrons. The van der Waals surface area contributed by atoms with Crippen molar-refractivity contribution >= 4 is 35.4 Å². The molecule has 14 nitrogen and oxygen atoms in total. The molecule has 430 valence electrons. The van der Waals surface area contributed by atoms with Crippen molar-refractivity contribution in [3.05, 3.63) is 131 Å². The van der Waals surface area contributed by atoms with E-state index < -0.39 is 48.6 Å². The summed E-state index contributed by atoms with van der Waals surface area (Å²) >= 11 is 0. The fourth-order valence-corrected chi connectivity index (χ4v) is 12.3. The van der Waals surface area contributed by atoms with E-state index in [1.54, 1.807) is 71.8 Å². The SMILES string of the molecule is CN[C@@H](C)C(=O)N[C@H](C(=O)N1CC[C@H](F)[C@H]1CN(CCc1ccccc1)C(=O)c1ccc(-c2ccc(C(=O)N(CCc3ccccc3)C[C@@H]3[C@@H](F)CCN3C(=O)[C@@H](NC(=O)[C@H](C)NC)C3CCCCC3)cc2)cc1)C1CCCCC1. The molecule has 0 aromatic heterocycles. The number of nitrogens with zero attached hydrogens (tertiary/aromatic N) is 4. The van der Waals surface area contributed by atoms with Crippen LogP contribution in [0.1, 0.15) is 123 Å². The topological polar surface area (TPSA) is 163 Å². The van der Waals surface area contributed by atoms with Crippen molar-refractivity contribution in [1.82, 2.24) is 40.9 Å². The number of hydrogen-bond acceptors (Lipinski definition) is 8. The largest absolute Gasteiger partial charge is 0.343 e. The van der Waals surface area contributed by atoms with Crippen molar-refractivity contribution in [1.29, 1.82) is 0 Å². The normalized spacial score (nSPS) is 21.3. The Morgan fingerprint density at radius 3 is 1.19 bits per heavy atom. The van der Waals surface area contributed by atoms with Gasteiger partial charge in [0.05, 0.1) is 24.2 Å². The fourth-order valence-electron chi connectivity index (χ4n) is 12.3. The highest BCUT2D eigenvalue weighted by atomic mass is 19.1. The predicted molar refractivity (Wildman–Crippen MR) is 308 cm³/mol. The number of carbonyl (C=O) groups excluding carboxylic acids is 6. The van der Waals surface area contributed by atoms with Crippen LogP contribution in [0.3, 0.4) is 0 Å². The first-order chi connectivity index (χ1) is 38.7. The average Bonchev–Trinajstić information content (AvgIpc) is 4.07. The molecule has 2 heterocycles. The zero-order chi connectivity index (χ0) is 56.7. The molecular formula is C64H84F2N8O6. The van der Waals surface area contributed by atoms with Gasteiger partial charge >= 0.3 is 0 Å². The highest BCUT2D eigenvalue weighted by Gasteiger charge is 2.46. The van der Waals surface area contributed by atoms with E-state index in [1.165, 1.54) is 0 Å². The Kier molecular flexibility index (Phi) is 21.4. The summed E-state index contributed by atoms with van der Waals surface area (Å²) in [6, 6.07) is 29.5. The lowest BCUT2D eigenvalue weighted by molar-refractivity contribution is -0.140. The van der Waals surface area contributed by atoms with Gasteiger partial charge in [0.25, 0.3) is 11.8 Å². The van der Waals surface area contributed by atoms with Gasteiger partial charge in [0.1, 0.15) is 24.4 Å². The summed E-state index contributed by atoms with van der Waals surface area (Å²) in [5.41, 5.74) is 4.40. The van der Waals surface area contributed by atoms with Crippen LogP contribution in [0, 0.1) is 11.8 Å². The molecule has 2 aliphatic carbocycles. The van der Waals surface area contributed by atoms with Crippen molar-refractivity contribution < 1.29 is 37.5 Å². The van der Waals surface area contributed by atoms with Gasteiger partial charge < -0.3 is 40.9 Å². The minimum atomic E-state index is -1.36. The first-order valence-electron chi connectivity index (χ1n) is 29.5. The van der Waals surface area contributed by atoms with Crippen LogP contribution in [0.15, 0.2) is 109 Å². The molecule has 0 unspecified atom stereocenters. The van der Waals surface area contributed by atoms with Crippen LogP contribution in [-0.2, 0) is 32.0 Å². The number of carbonyl (C=O) groups is 6. The van der Waals surface area contributed by atoms with E-state index in [0.717, 1.165) is 86.5 Å². The Morgan fingerprint density at radius 2 is 0.850 bits per heavy atom. The van der Waals surface area contributed by atoms with Crippen LogP contribution in [0.5, 0.6) is 0 Å². The van der Waals surface area contributed by atoms with Crippen molar-refractivity contribution in [3.8, 4) is 11.1 Å². The molecule has 4 aliphatic rings. The van der Waals surface area contributed by atoms with Crippen LogP contribution in [0.25, 0.3) is 11.1 Å². The summed E-state index contributed by atoms with van der Waals surface area (Å²) in [7, 11) is 3.38. The van der Waals surface area contributed by atoms with Crippen LogP contribution in [0.2, 0.25) is 0 Å². The highest BCUT2D eigenvalue weighted by molar-refractivity contribution is 5.96. The summed E-state index contributed by atoms with van der Waals surface area (Å²) in [5, 5.41) is 12.0. The summed E-state index contributed by atoms with van der Waals surface area (Å²) in [6.07, 6.45) is 7.72. The third-order valence-electron chi connectivity index (χ3n) is 17.5. The molecule has 2 aliphatic heterocycles. The maximum Gasteiger partial charge on any atom is 0.253 e. The van der Waals surface area contributed by atoms with Gasteiger partial charge in [-0.3, -0.25) is 28.8 Å². The first-order valence-corrected chi connectivity index (χ1v) is 29.5. The van der Waals surface area contributed by atoms with E-state index in [9.17, 15) is 28.8 Å². The third kappa shape index (κ3) is 15.1. The second-order valence-electron chi connectivity index (χ2n) is 22.7. The number of likely N-dealkylation sites (tertiary alicyclic amines) is 2. The lowest BCUT2D eigenvalue weighted by Gasteiger charge is -2.37. The van der Waals surface area contributed by atoms with Crippen molar-refractivity contribution in [2.45, 2.75) is 152 Å². The molecule has 0 spiro atoms. The summed E-state index contributed by atoms with van der Waals surface area (Å²) < 4.78 is 32.4. The highest BCUT2D eigenvalue weighted by Crippen LogP contribution is 2.33. The monoisotopic (exact) mass is 1100 g/mol. The number of nitrogens with one attached hydrogen (secondary N) is 4. The van der Waals surface area contributed by atoms with Crippen LogP contribution in [0.4, 0.5) is 8.78 Å². The zero-order valence-corrected chi connectivity index (χ0v) is 47.3. The minimum Gasteiger partial charge on any atom is -0.343 e. The number of hydrogen-bond donors (Lipinski definition) is 4. The van der Waals surface area contributed by atoms with Crippen molar-refractivity contribution in [2.24, 2.45) is 11.8 Å². The summed E-state index contributed by atoms with van der Waals surface area (Å²) in [4.78, 5) is 91.4. The number of alkyl halides is 2. The number of amides is 6. The molecule has 4 aromatic carbocycles. The molecular weight excluding hydrogens is 1010 g/mol. The Morgan fingerprint density at radius 1 is 0.500 bits per heavy atom. The lowest BCUT2D eigenvalue weighted by atomic mass is 9.83. The second kappa shape index (κ2) is 28.8. The van der Waals surface area contributed by atoms with Crippen LogP contribution in [-0.4, -0.2) is 157 Å². The molecule has 16 heteroatoms. The number of rotatable bonds is 23. The van der Waals surface area contributed by atoms with Gasteiger partial charge in [0.2, 0.25) is 23.6 Å². The minimum absolute atomic E-state index is 0.0208. The van der Waals surface area contributed by atoms with Gasteiger partial charge in [0, 0.05) is 50.4 Å². The first kappa shape index (κ1) is 59.6. The molecule has 80 heavy (non-hydrogen) atoms. The third-order valence-corrected chi connectivity index (χ3v) is 17.5. The second-order valence-corrected chi connectivity index (χ2v) is 22.7. The standard InChI is InChI=1S/C64H84F2N8O6/c1-43(67-3)59(75)69-57(49-21-13-7-14-22-49)63(79)73-39-35-53(65)55(73)41-71(37-33-45-17-9-5-10-18-45)61(77)51-29-25-47(26-30-51)48-27-31-52(32-28-48)62(78)72(38-34-46-19-11-6-12-20-46)42-56-54(66)36-40-74(56)64(80)58(50-23-15-8-16-24-50)70-60(76)44(2)68-4/h5-6,9-12,17-20,25-32,43-44,49-50,53-58,67-68H,7-8,13-16,21-24,33-42H2,1-4H3,(H,69,75)(H,70,76)/t43-,44-,53-,54-,55+,56+,57-,58-/m0/s1. The smallest absolute Gasteiger partial charge is 0.253 e. The van der Waals surface area contributed by atoms with E-state index in [0.29, 0.717) is 24.0 Å². The van der Waals surface area contributed by atoms with E-state index >= 15 is 8.78 Å². The quantitative estimate of drug-likeness (QED) is 0.0582. The van der Waals surface area contributed by atoms with Crippen molar-refractivity contribution in [2.75, 3.05) is 53.4 Å². The van der Waals surface area contributed by atoms with E-state index in [1.807, 2.05) is 84.9 Å². The number of benzene rings is 4. The summed E-state index contributed by atoms with van der Waals surface area (Å²) in [5.74, 6) is -1.89. The molecule has 6 amide bonds. The average molecular weight is 1100 g/mol. The van der Waals surface area contributed by atoms with Crippen molar-refractivity contribution in [3.63, 3.8) is 0 Å². The van der Waals surface area contributed by atoms with Gasteiger partial charge in [-0.05, 0) is 138 Å². The number of halogens is 2. The van der Waals surface area contributed by atoms with Gasteiger partial charge in [-0.1, -0.05) is 123 Å². The molecule has 8 atom stereocenters. The molecule has 4 aromatic rings. The predicted octanol–water partition coefficient (Wildman–Crippen LogP) is 7.95. The summed E-state index contributed by atoms with van der Waals surface area (Å²) in [6.45, 7) is 4.39. The zero-order valence-electron chi connectivity index (χ0n) is 47.3. The van der Waals surface area contributed by atoms with E-state index in [2.05, 4.69) is 21.3 Å². The Bertz CT molecular complexity index is 2490. The van der Waals surface area contributed by atoms with Gasteiger partial charge in [-0.2, -0.15) is 0 Å². The van der Waals surface area contributed by atoms with Crippen LogP contribution >= 0.6 is 0 Å². The van der Waals surface area contributed by atoms with Gasteiger partial charge in [-0.15, -0.1) is 0 Å². The van der Waals surface area contributed by atoms with Crippen LogP contribution < -0.4 is 21.3 Å². The van der Waals surface area contributed by atoms with Gasteiger partial charge in [-0.25, -0.2) is 8.78 Å². The fraction of sp³-hybridized carbons (Fsp3) is 0.531. The van der Waals surface area contributed by atoms with Gasteiger partial charge in [0.15, 0.2) is 0 Å². The molecule has 0 bridgehead atoms. The Hall–Kier alpha value is -6.52. The molecule has 4 fully saturated rings. The Balaban J connectivity index is 0.989. The molecule has 2 saturated heterocycles. The maximum absolute atomic E-state index is 16.2. The molecule has 2 saturated carbocycles.